The molecular formula is C30H35O3S+. The molecule has 1 heterocycles. The predicted octanol–water partition coefficient (Wildman–Crippen LogP) is 7.79. The lowest BCUT2D eigenvalue weighted by molar-refractivity contribution is -0.154. The van der Waals surface area contributed by atoms with Gasteiger partial charge < -0.3 is 9.47 Å². The molecule has 1 fully saturated rings. The third kappa shape index (κ3) is 5.65. The topological polar surface area (TPSA) is 35.5 Å². The summed E-state index contributed by atoms with van der Waals surface area (Å²) in [5, 5.41) is 1.30. The number of aryl methyl sites for hydroxylation is 3. The molecule has 4 rings (SSSR count). The minimum absolute atomic E-state index is 0.0714. The highest BCUT2D eigenvalue weighted by Gasteiger charge is 2.24. The maximum Gasteiger partial charge on any atom is 0.345 e. The fourth-order valence-corrected chi connectivity index (χ4v) is 7.18. The van der Waals surface area contributed by atoms with Crippen molar-refractivity contribution in [2.75, 3.05) is 6.61 Å². The van der Waals surface area contributed by atoms with Crippen molar-refractivity contribution in [1.82, 2.24) is 0 Å². The van der Waals surface area contributed by atoms with Crippen LogP contribution in [0, 0.1) is 38.5 Å². The zero-order valence-corrected chi connectivity index (χ0v) is 21.8. The van der Waals surface area contributed by atoms with Gasteiger partial charge in [0.05, 0.1) is 0 Å². The first-order chi connectivity index (χ1) is 16.2. The standard InChI is InChI=1S/C30H35O3S/c1-21-17-26(34-23(3)19-25-13-9-10-14-27(25)34)18-22(2)29(21)32-20-28(31)33-30(4,5)16-15-24-11-7-6-8-12-24/h9-10,13-14,17-19,24H,6-8,11-12,20H2,1-5H3/q+1. The first kappa shape index (κ1) is 24.4. The second kappa shape index (κ2) is 10.2. The van der Waals surface area contributed by atoms with E-state index in [0.29, 0.717) is 5.92 Å². The molecule has 1 aliphatic rings. The Morgan fingerprint density at radius 2 is 1.71 bits per heavy atom. The van der Waals surface area contributed by atoms with Gasteiger partial charge in [0.1, 0.15) is 5.75 Å². The summed E-state index contributed by atoms with van der Waals surface area (Å²) in [5.41, 5.74) is 1.25. The van der Waals surface area contributed by atoms with Crippen LogP contribution in [0.3, 0.4) is 0 Å². The van der Waals surface area contributed by atoms with Crippen molar-refractivity contribution in [2.24, 2.45) is 5.92 Å². The molecule has 0 saturated heterocycles. The average Bonchev–Trinajstić information content (AvgIpc) is 3.13. The summed E-state index contributed by atoms with van der Waals surface area (Å²) in [4.78, 5) is 15.2. The molecule has 178 valence electrons. The lowest BCUT2D eigenvalue weighted by Crippen LogP contribution is -2.29. The second-order valence-electron chi connectivity index (χ2n) is 9.86. The molecule has 0 bridgehead atoms. The highest BCUT2D eigenvalue weighted by Crippen LogP contribution is 2.45. The summed E-state index contributed by atoms with van der Waals surface area (Å²) in [5.74, 6) is 7.30. The van der Waals surface area contributed by atoms with Crippen LogP contribution in [0.15, 0.2) is 42.5 Å². The zero-order valence-electron chi connectivity index (χ0n) is 21.0. The third-order valence-electron chi connectivity index (χ3n) is 6.38. The largest absolute Gasteiger partial charge is 0.481 e. The molecule has 0 N–H and O–H groups in total. The van der Waals surface area contributed by atoms with Gasteiger partial charge in [0.2, 0.25) is 0 Å². The fourth-order valence-electron chi connectivity index (χ4n) is 4.80. The SMILES string of the molecule is Cc1cc(-[s+]2c(C)cc3ccccc32)cc(C)c1OCC(=O)OC(C)(C)C#CC1CCCCC1. The Kier molecular flexibility index (Phi) is 7.33. The summed E-state index contributed by atoms with van der Waals surface area (Å²) in [6, 6.07) is 15.2. The summed E-state index contributed by atoms with van der Waals surface area (Å²) in [6.07, 6.45) is 6.09. The summed E-state index contributed by atoms with van der Waals surface area (Å²) < 4.78 is 13.0. The van der Waals surface area contributed by atoms with Gasteiger partial charge in [-0.25, -0.2) is 4.79 Å². The third-order valence-corrected chi connectivity index (χ3v) is 8.66. The van der Waals surface area contributed by atoms with Gasteiger partial charge in [-0.1, -0.05) is 43.2 Å². The van der Waals surface area contributed by atoms with Gasteiger partial charge in [0, 0.05) is 46.9 Å². The summed E-state index contributed by atoms with van der Waals surface area (Å²) in [7, 11) is -0.0714. The van der Waals surface area contributed by atoms with Crippen LogP contribution in [0.1, 0.15) is 62.0 Å². The molecule has 1 aliphatic carbocycles. The van der Waals surface area contributed by atoms with Crippen LogP contribution in [0.25, 0.3) is 15.0 Å². The zero-order chi connectivity index (χ0) is 24.3. The monoisotopic (exact) mass is 475 g/mol. The number of esters is 1. The predicted molar refractivity (Wildman–Crippen MR) is 142 cm³/mol. The van der Waals surface area contributed by atoms with Gasteiger partial charge in [-0.2, -0.15) is 0 Å². The minimum atomic E-state index is -0.813. The van der Waals surface area contributed by atoms with Crippen molar-refractivity contribution in [3.63, 3.8) is 0 Å². The number of hydrogen-bond donors (Lipinski definition) is 0. The average molecular weight is 476 g/mol. The molecule has 3 aromatic rings. The van der Waals surface area contributed by atoms with E-state index >= 15 is 0 Å². The first-order valence-electron chi connectivity index (χ1n) is 12.2. The number of hydrogen-bond acceptors (Lipinski definition) is 3. The normalized spacial score (nSPS) is 15.0. The quantitative estimate of drug-likeness (QED) is 0.215. The number of carbonyl (C=O) groups is 1. The molecule has 4 heteroatoms. The van der Waals surface area contributed by atoms with Crippen molar-refractivity contribution in [2.45, 2.75) is 72.3 Å². The van der Waals surface area contributed by atoms with E-state index in [-0.39, 0.29) is 17.1 Å². The summed E-state index contributed by atoms with van der Waals surface area (Å²) in [6.45, 7) is 9.86. The van der Waals surface area contributed by atoms with E-state index in [0.717, 1.165) is 29.7 Å². The smallest absolute Gasteiger partial charge is 0.345 e. The number of thiophene rings is 1. The molecule has 2 aromatic carbocycles. The highest BCUT2D eigenvalue weighted by atomic mass is 32.2. The molecular weight excluding hydrogens is 440 g/mol. The van der Waals surface area contributed by atoms with Crippen LogP contribution in [-0.4, -0.2) is 18.2 Å². The lowest BCUT2D eigenvalue weighted by atomic mass is 9.89. The Balaban J connectivity index is 1.44. The van der Waals surface area contributed by atoms with E-state index < -0.39 is 11.6 Å². The van der Waals surface area contributed by atoms with E-state index in [1.54, 1.807) is 0 Å². The molecule has 3 nitrogen and oxygen atoms in total. The van der Waals surface area contributed by atoms with Gasteiger partial charge in [-0.15, -0.1) is 0 Å². The number of carbonyl (C=O) groups excluding carboxylic acids is 1. The molecule has 0 radical (unpaired) electrons. The minimum Gasteiger partial charge on any atom is -0.481 e. The molecule has 1 saturated carbocycles. The lowest BCUT2D eigenvalue weighted by Gasteiger charge is -2.21. The Hall–Kier alpha value is -2.77. The molecule has 34 heavy (non-hydrogen) atoms. The summed E-state index contributed by atoms with van der Waals surface area (Å²) >= 11 is 0. The van der Waals surface area contributed by atoms with Crippen molar-refractivity contribution in [3.8, 4) is 22.5 Å². The van der Waals surface area contributed by atoms with Crippen LogP contribution in [-0.2, 0) is 9.53 Å². The van der Waals surface area contributed by atoms with Gasteiger partial charge in [0.15, 0.2) is 26.7 Å². The van der Waals surface area contributed by atoms with Crippen molar-refractivity contribution < 1.29 is 14.3 Å². The van der Waals surface area contributed by atoms with E-state index in [4.69, 9.17) is 9.47 Å². The van der Waals surface area contributed by atoms with Gasteiger partial charge in [-0.05, 0) is 63.8 Å². The Labute approximate surface area is 206 Å². The number of rotatable bonds is 5. The maximum atomic E-state index is 12.5. The van der Waals surface area contributed by atoms with Crippen molar-refractivity contribution >= 4 is 26.5 Å². The Morgan fingerprint density at radius 3 is 2.41 bits per heavy atom. The van der Waals surface area contributed by atoms with E-state index in [1.807, 2.05) is 27.7 Å². The van der Waals surface area contributed by atoms with Gasteiger partial charge >= 0.3 is 5.97 Å². The first-order valence-corrected chi connectivity index (χ1v) is 13.5. The van der Waals surface area contributed by atoms with Crippen molar-refractivity contribution in [1.29, 1.82) is 0 Å². The number of fused-ring (bicyclic) bond motifs is 1. The molecule has 0 spiro atoms. The highest BCUT2D eigenvalue weighted by molar-refractivity contribution is 7.45. The Bertz CT molecular complexity index is 1230. The molecule has 1 aromatic heterocycles. The number of ether oxygens (including phenoxy) is 2. The van der Waals surface area contributed by atoms with E-state index in [9.17, 15) is 4.79 Å². The molecule has 0 aliphatic heterocycles. The van der Waals surface area contributed by atoms with E-state index in [1.165, 1.54) is 39.1 Å². The van der Waals surface area contributed by atoms with Crippen LogP contribution in [0.2, 0.25) is 0 Å². The van der Waals surface area contributed by atoms with Gasteiger partial charge in [0.25, 0.3) is 0 Å². The second-order valence-corrected chi connectivity index (χ2v) is 12.0. The van der Waals surface area contributed by atoms with E-state index in [2.05, 4.69) is 61.2 Å². The van der Waals surface area contributed by atoms with Crippen LogP contribution in [0.4, 0.5) is 0 Å². The Morgan fingerprint density at radius 1 is 1.03 bits per heavy atom. The van der Waals surface area contributed by atoms with Crippen LogP contribution in [0.5, 0.6) is 5.75 Å². The van der Waals surface area contributed by atoms with Crippen LogP contribution < -0.4 is 4.74 Å². The number of benzene rings is 2. The molecule has 0 amide bonds. The molecule has 1 atom stereocenters. The maximum absolute atomic E-state index is 12.5. The fraction of sp³-hybridized carbons (Fsp3) is 0.433. The van der Waals surface area contributed by atoms with Gasteiger partial charge in [-0.3, -0.25) is 0 Å². The van der Waals surface area contributed by atoms with Crippen molar-refractivity contribution in [3.05, 3.63) is 58.5 Å². The molecule has 1 unspecified atom stereocenters. The van der Waals surface area contributed by atoms with Crippen LogP contribution >= 0.6 is 10.5 Å².